The molecule has 0 aromatic heterocycles. The standard InChI is InChI=1S/C18H16BrN3O5/c1-12-10-14(19)5-8-16(12)27-11-18(24)21-20-17(23)9-4-13-2-6-15(7-3-13)22(25)26/h2-10H,11H2,1H3,(H,20,23)(H,21,24)/b9-4+. The van der Waals surface area contributed by atoms with Gasteiger partial charge in [0.1, 0.15) is 5.75 Å². The molecule has 0 saturated carbocycles. The Morgan fingerprint density at radius 2 is 1.89 bits per heavy atom. The molecule has 0 aliphatic carbocycles. The van der Waals surface area contributed by atoms with Gasteiger partial charge in [-0.2, -0.15) is 0 Å². The minimum absolute atomic E-state index is 0.0372. The summed E-state index contributed by atoms with van der Waals surface area (Å²) >= 11 is 3.34. The SMILES string of the molecule is Cc1cc(Br)ccc1OCC(=O)NNC(=O)/C=C/c1ccc([N+](=O)[O-])cc1. The highest BCUT2D eigenvalue weighted by Crippen LogP contribution is 2.21. The highest BCUT2D eigenvalue weighted by molar-refractivity contribution is 9.10. The maximum Gasteiger partial charge on any atom is 0.276 e. The number of carbonyl (C=O) groups is 2. The van der Waals surface area contributed by atoms with Crippen LogP contribution in [0.1, 0.15) is 11.1 Å². The molecular formula is C18H16BrN3O5. The van der Waals surface area contributed by atoms with Gasteiger partial charge >= 0.3 is 0 Å². The summed E-state index contributed by atoms with van der Waals surface area (Å²) in [5, 5.41) is 10.6. The van der Waals surface area contributed by atoms with E-state index in [0.29, 0.717) is 11.3 Å². The van der Waals surface area contributed by atoms with Crippen molar-refractivity contribution in [3.63, 3.8) is 0 Å². The molecule has 2 aromatic carbocycles. The Morgan fingerprint density at radius 3 is 2.52 bits per heavy atom. The van der Waals surface area contributed by atoms with Crippen molar-refractivity contribution in [3.05, 3.63) is 74.3 Å². The number of ether oxygens (including phenoxy) is 1. The summed E-state index contributed by atoms with van der Waals surface area (Å²) in [5.74, 6) is -0.506. The number of non-ortho nitro benzene ring substituents is 1. The van der Waals surface area contributed by atoms with Crippen LogP contribution < -0.4 is 15.6 Å². The number of hydrogen-bond acceptors (Lipinski definition) is 5. The van der Waals surface area contributed by atoms with E-state index in [2.05, 4.69) is 26.8 Å². The lowest BCUT2D eigenvalue weighted by Crippen LogP contribution is -2.43. The molecule has 2 amide bonds. The van der Waals surface area contributed by atoms with Crippen LogP contribution >= 0.6 is 15.9 Å². The molecule has 9 heteroatoms. The van der Waals surface area contributed by atoms with E-state index in [1.807, 2.05) is 13.0 Å². The molecule has 0 spiro atoms. The average Bonchev–Trinajstić information content (AvgIpc) is 2.64. The van der Waals surface area contributed by atoms with E-state index in [-0.39, 0.29) is 12.3 Å². The van der Waals surface area contributed by atoms with Gasteiger partial charge in [-0.1, -0.05) is 15.9 Å². The quantitative estimate of drug-likeness (QED) is 0.413. The molecule has 0 heterocycles. The van der Waals surface area contributed by atoms with E-state index < -0.39 is 16.7 Å². The summed E-state index contributed by atoms with van der Waals surface area (Å²) in [6.45, 7) is 1.59. The largest absolute Gasteiger partial charge is 0.483 e. The molecule has 2 N–H and O–H groups in total. The normalized spacial score (nSPS) is 10.4. The van der Waals surface area contributed by atoms with Crippen LogP contribution in [0, 0.1) is 17.0 Å². The number of hydrogen-bond donors (Lipinski definition) is 2. The molecule has 0 bridgehead atoms. The second kappa shape index (κ2) is 9.48. The molecular weight excluding hydrogens is 418 g/mol. The van der Waals surface area contributed by atoms with Crippen LogP contribution in [0.4, 0.5) is 5.69 Å². The Hall–Kier alpha value is -3.20. The van der Waals surface area contributed by atoms with Crippen molar-refractivity contribution in [1.82, 2.24) is 10.9 Å². The Kier molecular flexibility index (Phi) is 7.07. The summed E-state index contributed by atoms with van der Waals surface area (Å²) in [6.07, 6.45) is 2.66. The van der Waals surface area contributed by atoms with Gasteiger partial charge in [0.25, 0.3) is 17.5 Å². The van der Waals surface area contributed by atoms with Crippen LogP contribution in [0.5, 0.6) is 5.75 Å². The minimum atomic E-state index is -0.554. The van der Waals surface area contributed by atoms with E-state index in [1.165, 1.54) is 36.4 Å². The van der Waals surface area contributed by atoms with Gasteiger partial charge in [0, 0.05) is 22.7 Å². The maximum atomic E-state index is 11.7. The van der Waals surface area contributed by atoms with Gasteiger partial charge in [-0.3, -0.25) is 30.6 Å². The van der Waals surface area contributed by atoms with E-state index in [4.69, 9.17) is 4.74 Å². The van der Waals surface area contributed by atoms with Gasteiger partial charge in [0.15, 0.2) is 6.61 Å². The maximum absolute atomic E-state index is 11.7. The van der Waals surface area contributed by atoms with Gasteiger partial charge < -0.3 is 4.74 Å². The van der Waals surface area contributed by atoms with Crippen LogP contribution in [0.15, 0.2) is 53.0 Å². The fraction of sp³-hybridized carbons (Fsp3) is 0.111. The highest BCUT2D eigenvalue weighted by Gasteiger charge is 2.06. The van der Waals surface area contributed by atoms with Gasteiger partial charge in [-0.15, -0.1) is 0 Å². The van der Waals surface area contributed by atoms with Gasteiger partial charge in [-0.05, 0) is 54.5 Å². The summed E-state index contributed by atoms with van der Waals surface area (Å²) in [4.78, 5) is 33.5. The monoisotopic (exact) mass is 433 g/mol. The Morgan fingerprint density at radius 1 is 1.19 bits per heavy atom. The number of aryl methyl sites for hydroxylation is 1. The predicted octanol–water partition coefficient (Wildman–Crippen LogP) is 2.91. The van der Waals surface area contributed by atoms with Crippen LogP contribution in [0.3, 0.4) is 0 Å². The number of carbonyl (C=O) groups excluding carboxylic acids is 2. The van der Waals surface area contributed by atoms with Crippen molar-refractivity contribution in [2.24, 2.45) is 0 Å². The third kappa shape index (κ3) is 6.55. The molecule has 2 aromatic rings. The van der Waals surface area contributed by atoms with Crippen molar-refractivity contribution in [2.45, 2.75) is 6.92 Å². The number of amides is 2. The number of nitro groups is 1. The van der Waals surface area contributed by atoms with Crippen molar-refractivity contribution in [3.8, 4) is 5.75 Å². The van der Waals surface area contributed by atoms with E-state index >= 15 is 0 Å². The lowest BCUT2D eigenvalue weighted by molar-refractivity contribution is -0.384. The first-order valence-corrected chi connectivity index (χ1v) is 8.55. The number of nitrogens with zero attached hydrogens (tertiary/aromatic N) is 1. The Balaban J connectivity index is 1.77. The molecule has 2 rings (SSSR count). The lowest BCUT2D eigenvalue weighted by atomic mass is 10.2. The first-order valence-electron chi connectivity index (χ1n) is 7.75. The summed E-state index contributed by atoms with van der Waals surface area (Å²) in [5.41, 5.74) is 5.89. The molecule has 0 aliphatic rings. The van der Waals surface area contributed by atoms with Crippen molar-refractivity contribution in [2.75, 3.05) is 6.61 Å². The van der Waals surface area contributed by atoms with Crippen molar-refractivity contribution in [1.29, 1.82) is 0 Å². The molecule has 27 heavy (non-hydrogen) atoms. The topological polar surface area (TPSA) is 111 Å². The average molecular weight is 434 g/mol. The molecule has 0 saturated heterocycles. The summed E-state index contributed by atoms with van der Waals surface area (Å²) < 4.78 is 6.29. The van der Waals surface area contributed by atoms with Crippen LogP contribution in [0.25, 0.3) is 6.08 Å². The smallest absolute Gasteiger partial charge is 0.276 e. The Bertz CT molecular complexity index is 881. The second-order valence-corrected chi connectivity index (χ2v) is 6.33. The van der Waals surface area contributed by atoms with Crippen LogP contribution in [-0.2, 0) is 9.59 Å². The highest BCUT2D eigenvalue weighted by atomic mass is 79.9. The zero-order valence-electron chi connectivity index (χ0n) is 14.3. The van der Waals surface area contributed by atoms with Crippen LogP contribution in [-0.4, -0.2) is 23.3 Å². The number of benzene rings is 2. The number of halogens is 1. The van der Waals surface area contributed by atoms with E-state index in [9.17, 15) is 19.7 Å². The number of hydrazine groups is 1. The fourth-order valence-corrected chi connectivity index (χ4v) is 2.48. The Labute approximate surface area is 163 Å². The van der Waals surface area contributed by atoms with E-state index in [0.717, 1.165) is 10.0 Å². The zero-order valence-corrected chi connectivity index (χ0v) is 15.9. The molecule has 140 valence electrons. The second-order valence-electron chi connectivity index (χ2n) is 5.42. The van der Waals surface area contributed by atoms with Crippen molar-refractivity contribution < 1.29 is 19.2 Å². The molecule has 0 atom stereocenters. The molecule has 0 aliphatic heterocycles. The number of nitrogens with one attached hydrogen (secondary N) is 2. The zero-order chi connectivity index (χ0) is 19.8. The number of rotatable bonds is 6. The first kappa shape index (κ1) is 20.1. The molecule has 0 radical (unpaired) electrons. The van der Waals surface area contributed by atoms with Crippen LogP contribution in [0.2, 0.25) is 0 Å². The number of nitro benzene ring substituents is 1. The molecule has 0 unspecified atom stereocenters. The lowest BCUT2D eigenvalue weighted by Gasteiger charge is -2.09. The first-order chi connectivity index (χ1) is 12.8. The molecule has 8 nitrogen and oxygen atoms in total. The third-order valence-electron chi connectivity index (χ3n) is 3.35. The summed E-state index contributed by atoms with van der Waals surface area (Å²) in [7, 11) is 0. The minimum Gasteiger partial charge on any atom is -0.483 e. The van der Waals surface area contributed by atoms with Crippen molar-refractivity contribution >= 4 is 39.5 Å². The van der Waals surface area contributed by atoms with Gasteiger partial charge in [-0.25, -0.2) is 0 Å². The van der Waals surface area contributed by atoms with E-state index in [1.54, 1.807) is 12.1 Å². The van der Waals surface area contributed by atoms with Gasteiger partial charge in [0.05, 0.1) is 4.92 Å². The fourth-order valence-electron chi connectivity index (χ4n) is 2.01. The summed E-state index contributed by atoms with van der Waals surface area (Å²) in [6, 6.07) is 11.1. The third-order valence-corrected chi connectivity index (χ3v) is 3.85. The molecule has 0 fully saturated rings. The predicted molar refractivity (Wildman–Crippen MR) is 103 cm³/mol. The van der Waals surface area contributed by atoms with Gasteiger partial charge in [0.2, 0.25) is 0 Å².